The van der Waals surface area contributed by atoms with Crippen LogP contribution >= 0.6 is 0 Å². The Morgan fingerprint density at radius 2 is 2.08 bits per heavy atom. The Hall–Kier alpha value is -0.170. The smallest absolute Gasteiger partial charge is 0.277 e. The van der Waals surface area contributed by atoms with Crippen LogP contribution in [0.3, 0.4) is 0 Å². The van der Waals surface area contributed by atoms with Gasteiger partial charge in [-0.1, -0.05) is 6.92 Å². The van der Waals surface area contributed by atoms with Gasteiger partial charge in [0.25, 0.3) is 10.2 Å². The molecule has 3 N–H and O–H groups in total. The summed E-state index contributed by atoms with van der Waals surface area (Å²) in [6, 6.07) is -0.445. The summed E-state index contributed by atoms with van der Waals surface area (Å²) in [5, 5.41) is 8.57. The Morgan fingerprint density at radius 1 is 1.50 bits per heavy atom. The molecule has 74 valence electrons. The van der Waals surface area contributed by atoms with Gasteiger partial charge in [-0.05, 0) is 13.3 Å². The van der Waals surface area contributed by atoms with Crippen LogP contribution in [0.4, 0.5) is 0 Å². The van der Waals surface area contributed by atoms with E-state index in [0.29, 0.717) is 6.54 Å². The lowest BCUT2D eigenvalue weighted by atomic mass is 10.4. The molecule has 5 nitrogen and oxygen atoms in total. The van der Waals surface area contributed by atoms with E-state index in [2.05, 4.69) is 9.44 Å². The highest BCUT2D eigenvalue weighted by molar-refractivity contribution is 7.87. The predicted molar refractivity (Wildman–Crippen MR) is 46.9 cm³/mol. The average molecular weight is 196 g/mol. The predicted octanol–water partition coefficient (Wildman–Crippen LogP) is -0.799. The molecule has 6 heteroatoms. The second-order valence-electron chi connectivity index (χ2n) is 2.60. The van der Waals surface area contributed by atoms with Crippen LogP contribution in [-0.4, -0.2) is 32.7 Å². The van der Waals surface area contributed by atoms with E-state index in [4.69, 9.17) is 5.11 Å². The van der Waals surface area contributed by atoms with E-state index in [9.17, 15) is 8.42 Å². The fourth-order valence-corrected chi connectivity index (χ4v) is 1.74. The molecule has 0 saturated heterocycles. The second-order valence-corrected chi connectivity index (χ2v) is 4.13. The van der Waals surface area contributed by atoms with Crippen LogP contribution in [-0.2, 0) is 10.2 Å². The maximum Gasteiger partial charge on any atom is 0.277 e. The molecule has 0 unspecified atom stereocenters. The molecule has 0 saturated carbocycles. The Labute approximate surface area is 73.4 Å². The van der Waals surface area contributed by atoms with Crippen LogP contribution in [0.15, 0.2) is 0 Å². The van der Waals surface area contributed by atoms with Crippen molar-refractivity contribution in [3.8, 4) is 0 Å². The van der Waals surface area contributed by atoms with E-state index in [-0.39, 0.29) is 6.61 Å². The maximum absolute atomic E-state index is 11.0. The van der Waals surface area contributed by atoms with Gasteiger partial charge in [-0.3, -0.25) is 0 Å². The van der Waals surface area contributed by atoms with Crippen molar-refractivity contribution < 1.29 is 13.5 Å². The molecule has 0 aromatic carbocycles. The first-order chi connectivity index (χ1) is 5.52. The fourth-order valence-electron chi connectivity index (χ4n) is 0.580. The van der Waals surface area contributed by atoms with E-state index in [1.54, 1.807) is 6.92 Å². The molecule has 0 amide bonds. The first kappa shape index (κ1) is 11.8. The van der Waals surface area contributed by atoms with Gasteiger partial charge >= 0.3 is 0 Å². The van der Waals surface area contributed by atoms with Crippen LogP contribution < -0.4 is 9.44 Å². The third kappa shape index (κ3) is 5.48. The van der Waals surface area contributed by atoms with Crippen molar-refractivity contribution in [3.05, 3.63) is 0 Å². The van der Waals surface area contributed by atoms with Crippen molar-refractivity contribution in [2.24, 2.45) is 0 Å². The van der Waals surface area contributed by atoms with Crippen LogP contribution in [0, 0.1) is 0 Å². The quantitative estimate of drug-likeness (QED) is 0.520. The Kier molecular flexibility index (Phi) is 5.39. The van der Waals surface area contributed by atoms with Gasteiger partial charge in [-0.25, -0.2) is 4.72 Å². The zero-order chi connectivity index (χ0) is 9.61. The van der Waals surface area contributed by atoms with Gasteiger partial charge < -0.3 is 5.11 Å². The first-order valence-corrected chi connectivity index (χ1v) is 5.38. The molecular weight excluding hydrogens is 180 g/mol. The second kappa shape index (κ2) is 5.47. The van der Waals surface area contributed by atoms with Crippen molar-refractivity contribution in [3.63, 3.8) is 0 Å². The normalized spacial score (nSPS) is 14.6. The highest BCUT2D eigenvalue weighted by atomic mass is 32.2. The molecule has 0 heterocycles. The van der Waals surface area contributed by atoms with Crippen molar-refractivity contribution in [2.45, 2.75) is 26.3 Å². The number of hydrogen-bond donors (Lipinski definition) is 3. The molecule has 0 spiro atoms. The van der Waals surface area contributed by atoms with E-state index < -0.39 is 16.3 Å². The van der Waals surface area contributed by atoms with Crippen LogP contribution in [0.1, 0.15) is 20.3 Å². The summed E-state index contributed by atoms with van der Waals surface area (Å²) in [6.45, 7) is 3.67. The molecule has 0 bridgehead atoms. The SMILES string of the molecule is CCCNS(=O)(=O)N[C@@H](C)CO. The van der Waals surface area contributed by atoms with Gasteiger partial charge in [-0.15, -0.1) is 0 Å². The molecule has 0 aromatic heterocycles. The van der Waals surface area contributed by atoms with Gasteiger partial charge in [0.1, 0.15) is 0 Å². The van der Waals surface area contributed by atoms with E-state index in [0.717, 1.165) is 6.42 Å². The van der Waals surface area contributed by atoms with E-state index >= 15 is 0 Å². The molecule has 1 atom stereocenters. The van der Waals surface area contributed by atoms with Crippen molar-refractivity contribution in [1.82, 2.24) is 9.44 Å². The van der Waals surface area contributed by atoms with Gasteiger partial charge in [-0.2, -0.15) is 13.1 Å². The molecule has 0 fully saturated rings. The van der Waals surface area contributed by atoms with Crippen molar-refractivity contribution in [2.75, 3.05) is 13.2 Å². The largest absolute Gasteiger partial charge is 0.395 e. The number of aliphatic hydroxyl groups excluding tert-OH is 1. The van der Waals surface area contributed by atoms with Crippen molar-refractivity contribution in [1.29, 1.82) is 0 Å². The lowest BCUT2D eigenvalue weighted by molar-refractivity contribution is 0.265. The average Bonchev–Trinajstić information content (AvgIpc) is 2.00. The molecule has 0 radical (unpaired) electrons. The lowest BCUT2D eigenvalue weighted by Crippen LogP contribution is -2.43. The highest BCUT2D eigenvalue weighted by Crippen LogP contribution is 1.84. The Morgan fingerprint density at radius 3 is 2.50 bits per heavy atom. The standard InChI is InChI=1S/C6H16N2O3S/c1-3-4-7-12(10,11)8-6(2)5-9/h6-9H,3-5H2,1-2H3/t6-/m0/s1. The first-order valence-electron chi connectivity index (χ1n) is 3.89. The van der Waals surface area contributed by atoms with Crippen LogP contribution in [0.5, 0.6) is 0 Å². The third-order valence-corrected chi connectivity index (χ3v) is 2.47. The van der Waals surface area contributed by atoms with Gasteiger partial charge in [0.05, 0.1) is 6.61 Å². The number of nitrogens with one attached hydrogen (secondary N) is 2. The van der Waals surface area contributed by atoms with Gasteiger partial charge in [0.2, 0.25) is 0 Å². The Balaban J connectivity index is 3.88. The molecule has 12 heavy (non-hydrogen) atoms. The van der Waals surface area contributed by atoms with E-state index in [1.807, 2.05) is 6.92 Å². The Bertz CT molecular complexity index is 203. The molecule has 0 aliphatic heterocycles. The van der Waals surface area contributed by atoms with Crippen molar-refractivity contribution >= 4 is 10.2 Å². The number of aliphatic hydroxyl groups is 1. The minimum absolute atomic E-state index is 0.201. The molecule has 0 aliphatic carbocycles. The van der Waals surface area contributed by atoms with Gasteiger partial charge in [0, 0.05) is 12.6 Å². The topological polar surface area (TPSA) is 78.4 Å². The third-order valence-electron chi connectivity index (χ3n) is 1.17. The van der Waals surface area contributed by atoms with Gasteiger partial charge in [0.15, 0.2) is 0 Å². The van der Waals surface area contributed by atoms with E-state index in [1.165, 1.54) is 0 Å². The number of hydrogen-bond acceptors (Lipinski definition) is 3. The highest BCUT2D eigenvalue weighted by Gasteiger charge is 2.11. The fraction of sp³-hybridized carbons (Fsp3) is 1.00. The minimum atomic E-state index is -3.42. The molecule has 0 rings (SSSR count). The van der Waals surface area contributed by atoms with Crippen LogP contribution in [0.2, 0.25) is 0 Å². The zero-order valence-electron chi connectivity index (χ0n) is 7.37. The summed E-state index contributed by atoms with van der Waals surface area (Å²) in [7, 11) is -3.42. The zero-order valence-corrected chi connectivity index (χ0v) is 8.19. The lowest BCUT2D eigenvalue weighted by Gasteiger charge is -2.11. The summed E-state index contributed by atoms with van der Waals surface area (Å²) in [6.07, 6.45) is 0.744. The summed E-state index contributed by atoms with van der Waals surface area (Å²) in [4.78, 5) is 0. The maximum atomic E-state index is 11.0. The summed E-state index contributed by atoms with van der Waals surface area (Å²) in [5.74, 6) is 0. The summed E-state index contributed by atoms with van der Waals surface area (Å²) in [5.41, 5.74) is 0. The molecule has 0 aromatic rings. The molecular formula is C6H16N2O3S. The minimum Gasteiger partial charge on any atom is -0.395 e. The number of rotatable bonds is 6. The monoisotopic (exact) mass is 196 g/mol. The summed E-state index contributed by atoms with van der Waals surface area (Å²) >= 11 is 0. The summed E-state index contributed by atoms with van der Waals surface area (Å²) < 4.78 is 26.6. The molecule has 0 aliphatic rings. The van der Waals surface area contributed by atoms with Crippen LogP contribution in [0.25, 0.3) is 0 Å².